The third-order valence-corrected chi connectivity index (χ3v) is 5.80. The van der Waals surface area contributed by atoms with E-state index in [-0.39, 0.29) is 6.10 Å². The molecule has 2 aliphatic heterocycles. The molecule has 2 aliphatic rings. The first-order valence-corrected chi connectivity index (χ1v) is 10.5. The monoisotopic (exact) mass is 393 g/mol. The summed E-state index contributed by atoms with van der Waals surface area (Å²) >= 11 is 0. The van der Waals surface area contributed by atoms with Crippen molar-refractivity contribution in [2.24, 2.45) is 4.99 Å². The highest BCUT2D eigenvalue weighted by Gasteiger charge is 2.25. The van der Waals surface area contributed by atoms with Crippen LogP contribution in [-0.4, -0.2) is 61.8 Å². The van der Waals surface area contributed by atoms with Gasteiger partial charge < -0.3 is 19.9 Å². The first-order chi connectivity index (χ1) is 14.2. The summed E-state index contributed by atoms with van der Waals surface area (Å²) in [6.07, 6.45) is 3.39. The molecule has 0 saturated carbocycles. The van der Waals surface area contributed by atoms with Crippen LogP contribution in [0.1, 0.15) is 30.4 Å². The van der Waals surface area contributed by atoms with Crippen molar-refractivity contribution in [2.75, 3.05) is 44.7 Å². The second-order valence-corrected chi connectivity index (χ2v) is 7.90. The SMILES string of the molecule is CN=C(NCc1ccc(N2CCOC(C)C2)nc1)N1CCC(c2ccccc2)C1. The lowest BCUT2D eigenvalue weighted by molar-refractivity contribution is 0.0529. The summed E-state index contributed by atoms with van der Waals surface area (Å²) < 4.78 is 5.62. The van der Waals surface area contributed by atoms with E-state index in [0.717, 1.165) is 56.7 Å². The molecule has 1 N–H and O–H groups in total. The summed E-state index contributed by atoms with van der Waals surface area (Å²) in [6, 6.07) is 15.0. The maximum Gasteiger partial charge on any atom is 0.193 e. The zero-order chi connectivity index (χ0) is 20.1. The molecular weight excluding hydrogens is 362 g/mol. The summed E-state index contributed by atoms with van der Waals surface area (Å²) in [5.41, 5.74) is 2.58. The molecule has 0 radical (unpaired) electrons. The summed E-state index contributed by atoms with van der Waals surface area (Å²) in [5.74, 6) is 2.57. The second kappa shape index (κ2) is 9.27. The number of benzene rings is 1. The van der Waals surface area contributed by atoms with E-state index in [2.05, 4.69) is 74.5 Å². The van der Waals surface area contributed by atoms with E-state index >= 15 is 0 Å². The fourth-order valence-electron chi connectivity index (χ4n) is 4.20. The van der Waals surface area contributed by atoms with Gasteiger partial charge in [0, 0.05) is 51.9 Å². The van der Waals surface area contributed by atoms with Gasteiger partial charge in [-0.25, -0.2) is 4.98 Å². The number of aliphatic imine (C=N–C) groups is 1. The molecule has 2 fully saturated rings. The number of hydrogen-bond acceptors (Lipinski definition) is 4. The van der Waals surface area contributed by atoms with E-state index in [1.807, 2.05) is 13.2 Å². The average Bonchev–Trinajstić information content (AvgIpc) is 3.25. The van der Waals surface area contributed by atoms with E-state index in [9.17, 15) is 0 Å². The van der Waals surface area contributed by atoms with Crippen molar-refractivity contribution in [3.63, 3.8) is 0 Å². The van der Waals surface area contributed by atoms with Crippen LogP contribution < -0.4 is 10.2 Å². The molecule has 3 heterocycles. The Bertz CT molecular complexity index is 808. The van der Waals surface area contributed by atoms with Crippen molar-refractivity contribution >= 4 is 11.8 Å². The minimum absolute atomic E-state index is 0.260. The third kappa shape index (κ3) is 4.88. The van der Waals surface area contributed by atoms with Crippen LogP contribution in [0.4, 0.5) is 5.82 Å². The van der Waals surface area contributed by atoms with E-state index in [0.29, 0.717) is 5.92 Å². The van der Waals surface area contributed by atoms with Crippen LogP contribution in [0, 0.1) is 0 Å². The molecule has 6 heteroatoms. The normalized spacial score (nSPS) is 22.8. The fraction of sp³-hybridized carbons (Fsp3) is 0.478. The Kier molecular flexibility index (Phi) is 6.30. The number of pyridine rings is 1. The Balaban J connectivity index is 1.31. The van der Waals surface area contributed by atoms with Gasteiger partial charge in [0.2, 0.25) is 0 Å². The van der Waals surface area contributed by atoms with Crippen LogP contribution in [0.25, 0.3) is 0 Å². The molecule has 0 amide bonds. The number of morpholine rings is 1. The molecule has 0 spiro atoms. The Morgan fingerprint density at radius 2 is 2.03 bits per heavy atom. The van der Waals surface area contributed by atoms with Crippen molar-refractivity contribution in [3.8, 4) is 0 Å². The van der Waals surface area contributed by atoms with Gasteiger partial charge in [0.05, 0.1) is 12.7 Å². The third-order valence-electron chi connectivity index (χ3n) is 5.80. The van der Waals surface area contributed by atoms with Crippen molar-refractivity contribution in [2.45, 2.75) is 31.9 Å². The van der Waals surface area contributed by atoms with Crippen LogP contribution in [0.3, 0.4) is 0 Å². The molecule has 0 aliphatic carbocycles. The Hall–Kier alpha value is -2.60. The lowest BCUT2D eigenvalue weighted by Crippen LogP contribution is -2.41. The van der Waals surface area contributed by atoms with Crippen LogP contribution in [-0.2, 0) is 11.3 Å². The van der Waals surface area contributed by atoms with Gasteiger partial charge >= 0.3 is 0 Å². The number of anilines is 1. The summed E-state index contributed by atoms with van der Waals surface area (Å²) in [5, 5.41) is 3.51. The number of nitrogens with one attached hydrogen (secondary N) is 1. The van der Waals surface area contributed by atoms with E-state index in [1.54, 1.807) is 0 Å². The summed E-state index contributed by atoms with van der Waals surface area (Å²) in [7, 11) is 1.86. The Morgan fingerprint density at radius 1 is 1.17 bits per heavy atom. The molecule has 2 atom stereocenters. The van der Waals surface area contributed by atoms with Crippen LogP contribution in [0.15, 0.2) is 53.7 Å². The molecule has 2 saturated heterocycles. The first kappa shape index (κ1) is 19.7. The minimum Gasteiger partial charge on any atom is -0.375 e. The minimum atomic E-state index is 0.260. The predicted octanol–water partition coefficient (Wildman–Crippen LogP) is 2.87. The van der Waals surface area contributed by atoms with Crippen molar-refractivity contribution in [3.05, 3.63) is 59.8 Å². The molecule has 4 rings (SSSR count). The molecular formula is C23H31N5O. The smallest absolute Gasteiger partial charge is 0.193 e. The molecule has 2 aromatic rings. The lowest BCUT2D eigenvalue weighted by atomic mass is 9.99. The zero-order valence-corrected chi connectivity index (χ0v) is 17.4. The van der Waals surface area contributed by atoms with Gasteiger partial charge in [-0.2, -0.15) is 0 Å². The molecule has 0 bridgehead atoms. The maximum atomic E-state index is 5.62. The molecule has 154 valence electrons. The van der Waals surface area contributed by atoms with E-state index in [1.165, 1.54) is 12.0 Å². The second-order valence-electron chi connectivity index (χ2n) is 7.90. The topological polar surface area (TPSA) is 53.0 Å². The van der Waals surface area contributed by atoms with Crippen LogP contribution in [0.2, 0.25) is 0 Å². The standard InChI is InChI=1S/C23H31N5O/c1-18-16-27(12-13-29-18)22-9-8-19(14-25-22)15-26-23(24-2)28-11-10-21(17-28)20-6-4-3-5-7-20/h3-9,14,18,21H,10-13,15-17H2,1-2H3,(H,24,26). The zero-order valence-electron chi connectivity index (χ0n) is 17.4. The van der Waals surface area contributed by atoms with Crippen molar-refractivity contribution < 1.29 is 4.74 Å². The van der Waals surface area contributed by atoms with Crippen molar-refractivity contribution in [1.82, 2.24) is 15.2 Å². The van der Waals surface area contributed by atoms with Gasteiger partial charge in [-0.1, -0.05) is 36.4 Å². The predicted molar refractivity (Wildman–Crippen MR) is 117 cm³/mol. The number of rotatable bonds is 4. The molecule has 29 heavy (non-hydrogen) atoms. The number of aromatic nitrogens is 1. The van der Waals surface area contributed by atoms with Crippen molar-refractivity contribution in [1.29, 1.82) is 0 Å². The largest absolute Gasteiger partial charge is 0.375 e. The number of ether oxygens (including phenoxy) is 1. The Morgan fingerprint density at radius 3 is 2.76 bits per heavy atom. The van der Waals surface area contributed by atoms with Gasteiger partial charge in [0.15, 0.2) is 5.96 Å². The quantitative estimate of drug-likeness (QED) is 0.639. The highest BCUT2D eigenvalue weighted by molar-refractivity contribution is 5.80. The van der Waals surface area contributed by atoms with Crippen LogP contribution >= 0.6 is 0 Å². The average molecular weight is 394 g/mol. The number of guanidine groups is 1. The fourth-order valence-corrected chi connectivity index (χ4v) is 4.20. The summed E-state index contributed by atoms with van der Waals surface area (Å²) in [6.45, 7) is 7.45. The summed E-state index contributed by atoms with van der Waals surface area (Å²) in [4.78, 5) is 13.8. The van der Waals surface area contributed by atoms with Gasteiger partial charge in [0.1, 0.15) is 5.82 Å². The molecule has 1 aromatic carbocycles. The number of hydrogen-bond donors (Lipinski definition) is 1. The van der Waals surface area contributed by atoms with Gasteiger partial charge in [-0.3, -0.25) is 4.99 Å². The van der Waals surface area contributed by atoms with Gasteiger partial charge in [-0.05, 0) is 30.5 Å². The lowest BCUT2D eigenvalue weighted by Gasteiger charge is -2.32. The first-order valence-electron chi connectivity index (χ1n) is 10.5. The van der Waals surface area contributed by atoms with Gasteiger partial charge in [0.25, 0.3) is 0 Å². The van der Waals surface area contributed by atoms with Gasteiger partial charge in [-0.15, -0.1) is 0 Å². The molecule has 6 nitrogen and oxygen atoms in total. The maximum absolute atomic E-state index is 5.62. The highest BCUT2D eigenvalue weighted by Crippen LogP contribution is 2.26. The Labute approximate surface area is 173 Å². The molecule has 1 aromatic heterocycles. The van der Waals surface area contributed by atoms with Crippen LogP contribution in [0.5, 0.6) is 0 Å². The van der Waals surface area contributed by atoms with E-state index in [4.69, 9.17) is 4.74 Å². The molecule has 2 unspecified atom stereocenters. The highest BCUT2D eigenvalue weighted by atomic mass is 16.5. The van der Waals surface area contributed by atoms with E-state index < -0.39 is 0 Å². The number of nitrogens with zero attached hydrogens (tertiary/aromatic N) is 4. The number of likely N-dealkylation sites (tertiary alicyclic amines) is 1.